The number of hydrogen-bond donors (Lipinski definition) is 1. The van der Waals surface area contributed by atoms with Crippen molar-refractivity contribution < 1.29 is 0 Å². The Kier molecular flexibility index (Phi) is 4.45. The summed E-state index contributed by atoms with van der Waals surface area (Å²) < 4.78 is 0. The van der Waals surface area contributed by atoms with E-state index >= 15 is 0 Å². The van der Waals surface area contributed by atoms with E-state index < -0.39 is 0 Å². The highest BCUT2D eigenvalue weighted by Crippen LogP contribution is 1.96. The van der Waals surface area contributed by atoms with Crippen molar-refractivity contribution in [2.24, 2.45) is 5.73 Å². The smallest absolute Gasteiger partial charge is 0.0134 e. The topological polar surface area (TPSA) is 26.0 Å². The molecule has 0 heterocycles. The summed E-state index contributed by atoms with van der Waals surface area (Å²) in [6, 6.07) is 0. The van der Waals surface area contributed by atoms with Gasteiger partial charge in [0.25, 0.3) is 0 Å². The highest BCUT2D eigenvalue weighted by Gasteiger charge is 1.84. The Balaban J connectivity index is 3.00. The van der Waals surface area contributed by atoms with Gasteiger partial charge in [0.15, 0.2) is 0 Å². The third-order valence-corrected chi connectivity index (χ3v) is 1.13. The molecule has 0 fully saturated rings. The van der Waals surface area contributed by atoms with E-state index in [2.05, 4.69) is 22.5 Å². The predicted molar refractivity (Wildman–Crippen MR) is 36.6 cm³/mol. The molecule has 0 amide bonds. The van der Waals surface area contributed by atoms with Crippen LogP contribution >= 0.6 is 15.9 Å². The second-order valence-electron chi connectivity index (χ2n) is 1.39. The van der Waals surface area contributed by atoms with Crippen molar-refractivity contribution in [2.45, 2.75) is 6.42 Å². The quantitative estimate of drug-likeness (QED) is 0.493. The lowest BCUT2D eigenvalue weighted by molar-refractivity contribution is 1.03. The first kappa shape index (κ1) is 7.18. The molecule has 0 aromatic heterocycles. The molecule has 7 heavy (non-hydrogen) atoms. The van der Waals surface area contributed by atoms with Crippen molar-refractivity contribution in [1.82, 2.24) is 0 Å². The molecule has 2 N–H and O–H groups in total. The van der Waals surface area contributed by atoms with Gasteiger partial charge in [-0.3, -0.25) is 0 Å². The summed E-state index contributed by atoms with van der Waals surface area (Å²) in [5.41, 5.74) is 6.35. The van der Waals surface area contributed by atoms with E-state index in [1.54, 1.807) is 0 Å². The van der Waals surface area contributed by atoms with Gasteiger partial charge in [0.2, 0.25) is 0 Å². The summed E-state index contributed by atoms with van der Waals surface area (Å²) in [5, 5.41) is 0.975. The minimum atomic E-state index is 0.617. The Morgan fingerprint density at radius 1 is 1.71 bits per heavy atom. The summed E-state index contributed by atoms with van der Waals surface area (Å²) in [5.74, 6) is 0. The molecule has 0 rings (SSSR count). The summed E-state index contributed by atoms with van der Waals surface area (Å²) in [6.45, 7) is 4.32. The fraction of sp³-hybridized carbons (Fsp3) is 0.600. The van der Waals surface area contributed by atoms with Crippen LogP contribution in [0.5, 0.6) is 0 Å². The molecule has 2 heteroatoms. The van der Waals surface area contributed by atoms with Crippen LogP contribution in [0.4, 0.5) is 0 Å². The predicted octanol–water partition coefficient (Wildman–Crippen LogP) is 1.29. The van der Waals surface area contributed by atoms with Gasteiger partial charge in [-0.05, 0) is 6.42 Å². The van der Waals surface area contributed by atoms with Gasteiger partial charge >= 0.3 is 0 Å². The van der Waals surface area contributed by atoms with Crippen LogP contribution in [0.3, 0.4) is 0 Å². The van der Waals surface area contributed by atoms with Crippen molar-refractivity contribution in [3.05, 3.63) is 12.2 Å². The van der Waals surface area contributed by atoms with Crippen LogP contribution in [0.15, 0.2) is 12.2 Å². The third-order valence-electron chi connectivity index (χ3n) is 0.737. The monoisotopic (exact) mass is 163 g/mol. The highest BCUT2D eigenvalue weighted by atomic mass is 79.9. The summed E-state index contributed by atoms with van der Waals surface area (Å²) in [6.07, 6.45) is 0.997. The first-order valence-corrected chi connectivity index (χ1v) is 3.36. The maximum atomic E-state index is 5.24. The van der Waals surface area contributed by atoms with Crippen LogP contribution in [0, 0.1) is 0 Å². The van der Waals surface area contributed by atoms with E-state index in [1.165, 1.54) is 0 Å². The molecule has 0 aliphatic heterocycles. The molecule has 0 aromatic carbocycles. The lowest BCUT2D eigenvalue weighted by Crippen LogP contribution is -2.01. The lowest BCUT2D eigenvalue weighted by atomic mass is 10.2. The number of alkyl halides is 1. The first-order chi connectivity index (χ1) is 3.31. The molecule has 0 aromatic rings. The van der Waals surface area contributed by atoms with Crippen molar-refractivity contribution in [2.75, 3.05) is 11.9 Å². The van der Waals surface area contributed by atoms with Gasteiger partial charge in [-0.1, -0.05) is 28.1 Å². The molecule has 0 radical (unpaired) electrons. The fourth-order valence-electron chi connectivity index (χ4n) is 0.236. The number of nitrogens with two attached hydrogens (primary N) is 1. The second kappa shape index (κ2) is 4.34. The van der Waals surface area contributed by atoms with Gasteiger partial charge in [0, 0.05) is 11.9 Å². The maximum Gasteiger partial charge on any atom is 0.0134 e. The van der Waals surface area contributed by atoms with Crippen molar-refractivity contribution in [1.29, 1.82) is 0 Å². The third kappa shape index (κ3) is 4.02. The Hall–Kier alpha value is 0.180. The lowest BCUT2D eigenvalue weighted by Gasteiger charge is -1.93. The Labute approximate surface area is 52.7 Å². The number of halogens is 1. The summed E-state index contributed by atoms with van der Waals surface area (Å²) in [7, 11) is 0. The average Bonchev–Trinajstić information content (AvgIpc) is 1.68. The molecule has 0 saturated carbocycles. The molecule has 0 bridgehead atoms. The van der Waals surface area contributed by atoms with Crippen molar-refractivity contribution in [3.63, 3.8) is 0 Å². The largest absolute Gasteiger partial charge is 0.327 e. The zero-order valence-corrected chi connectivity index (χ0v) is 5.87. The number of rotatable bonds is 3. The normalized spacial score (nSPS) is 8.86. The van der Waals surface area contributed by atoms with Crippen LogP contribution in [-0.2, 0) is 0 Å². The van der Waals surface area contributed by atoms with Gasteiger partial charge < -0.3 is 5.73 Å². The van der Waals surface area contributed by atoms with E-state index in [0.29, 0.717) is 6.54 Å². The van der Waals surface area contributed by atoms with Crippen LogP contribution < -0.4 is 5.73 Å². The zero-order valence-electron chi connectivity index (χ0n) is 4.28. The molecule has 0 aliphatic carbocycles. The SMILES string of the molecule is C=C(CN)CCBr. The van der Waals surface area contributed by atoms with Crippen molar-refractivity contribution in [3.8, 4) is 0 Å². The minimum absolute atomic E-state index is 0.617. The summed E-state index contributed by atoms with van der Waals surface area (Å²) >= 11 is 3.27. The van der Waals surface area contributed by atoms with E-state index in [4.69, 9.17) is 5.73 Å². The van der Waals surface area contributed by atoms with Crippen molar-refractivity contribution >= 4 is 15.9 Å². The van der Waals surface area contributed by atoms with Gasteiger partial charge in [-0.2, -0.15) is 0 Å². The van der Waals surface area contributed by atoms with E-state index in [0.717, 1.165) is 17.3 Å². The molecule has 0 unspecified atom stereocenters. The minimum Gasteiger partial charge on any atom is -0.327 e. The van der Waals surface area contributed by atoms with Gasteiger partial charge in [0.1, 0.15) is 0 Å². The average molecular weight is 164 g/mol. The Morgan fingerprint density at radius 3 is 2.43 bits per heavy atom. The van der Waals surface area contributed by atoms with Crippen LogP contribution in [0.2, 0.25) is 0 Å². The molecule has 0 spiro atoms. The molecule has 0 atom stereocenters. The molecular formula is C5H10BrN. The Morgan fingerprint density at radius 2 is 2.29 bits per heavy atom. The van der Waals surface area contributed by atoms with E-state index in [9.17, 15) is 0 Å². The van der Waals surface area contributed by atoms with Gasteiger partial charge in [-0.15, -0.1) is 0 Å². The summed E-state index contributed by atoms with van der Waals surface area (Å²) in [4.78, 5) is 0. The Bertz CT molecular complexity index is 61.1. The maximum absolute atomic E-state index is 5.24. The molecule has 0 saturated heterocycles. The fourth-order valence-corrected chi connectivity index (χ4v) is 0.796. The van der Waals surface area contributed by atoms with E-state index in [-0.39, 0.29) is 0 Å². The first-order valence-electron chi connectivity index (χ1n) is 2.24. The van der Waals surface area contributed by atoms with Crippen LogP contribution in [0.25, 0.3) is 0 Å². The van der Waals surface area contributed by atoms with Gasteiger partial charge in [0.05, 0.1) is 0 Å². The molecule has 0 aliphatic rings. The van der Waals surface area contributed by atoms with Gasteiger partial charge in [-0.25, -0.2) is 0 Å². The zero-order chi connectivity index (χ0) is 5.70. The van der Waals surface area contributed by atoms with Crippen LogP contribution in [-0.4, -0.2) is 11.9 Å². The number of hydrogen-bond acceptors (Lipinski definition) is 1. The molecule has 1 nitrogen and oxygen atoms in total. The standard InChI is InChI=1S/C5H10BrN/c1-5(4-7)2-3-6/h1-4,7H2. The molecular weight excluding hydrogens is 154 g/mol. The molecule has 42 valence electrons. The second-order valence-corrected chi connectivity index (χ2v) is 2.19. The van der Waals surface area contributed by atoms with Crippen LogP contribution in [0.1, 0.15) is 6.42 Å². The van der Waals surface area contributed by atoms with E-state index in [1.807, 2.05) is 0 Å². The highest BCUT2D eigenvalue weighted by molar-refractivity contribution is 9.09.